The highest BCUT2D eigenvalue weighted by molar-refractivity contribution is 7.92. The van der Waals surface area contributed by atoms with E-state index in [0.717, 1.165) is 5.39 Å². The van der Waals surface area contributed by atoms with Gasteiger partial charge in [-0.1, -0.05) is 6.07 Å². The molecule has 0 saturated heterocycles. The highest BCUT2D eigenvalue weighted by atomic mass is 32.2. The predicted octanol–water partition coefficient (Wildman–Crippen LogP) is 2.74. The zero-order chi connectivity index (χ0) is 14.9. The molecule has 3 rings (SSSR count). The highest BCUT2D eigenvalue weighted by Gasteiger charge is 2.15. The number of rotatable bonds is 3. The molecule has 0 aliphatic rings. The molecule has 2 aromatic carbocycles. The average molecular weight is 300 g/mol. The fraction of sp³-hybridized carbons (Fsp3) is 0. The third kappa shape index (κ3) is 2.66. The number of nitrogens with one attached hydrogen (secondary N) is 1. The van der Waals surface area contributed by atoms with Crippen molar-refractivity contribution in [1.82, 2.24) is 4.98 Å². The van der Waals surface area contributed by atoms with Crippen molar-refractivity contribution in [1.29, 1.82) is 0 Å². The van der Waals surface area contributed by atoms with Crippen molar-refractivity contribution in [3.8, 4) is 5.75 Å². The van der Waals surface area contributed by atoms with Crippen molar-refractivity contribution in [2.24, 2.45) is 0 Å². The summed E-state index contributed by atoms with van der Waals surface area (Å²) in [5, 5.41) is 9.95. The maximum absolute atomic E-state index is 12.3. The topological polar surface area (TPSA) is 79.3 Å². The summed E-state index contributed by atoms with van der Waals surface area (Å²) in [5.41, 5.74) is 1.18. The maximum Gasteiger partial charge on any atom is 0.261 e. The molecule has 0 radical (unpaired) electrons. The van der Waals surface area contributed by atoms with E-state index in [0.29, 0.717) is 11.2 Å². The minimum atomic E-state index is -3.71. The van der Waals surface area contributed by atoms with E-state index >= 15 is 0 Å². The van der Waals surface area contributed by atoms with E-state index in [1.54, 1.807) is 30.5 Å². The van der Waals surface area contributed by atoms with Crippen molar-refractivity contribution in [3.05, 3.63) is 60.8 Å². The van der Waals surface area contributed by atoms with Crippen LogP contribution in [0.15, 0.2) is 65.7 Å². The largest absolute Gasteiger partial charge is 0.508 e. The standard InChI is InChI=1S/C15H12N2O3S/c18-11-6-8-12(9-7-11)21(19,20)17-15-5-1-4-14-13(15)3-2-10-16-14/h1-10,17-18H. The van der Waals surface area contributed by atoms with Crippen molar-refractivity contribution < 1.29 is 13.5 Å². The van der Waals surface area contributed by atoms with Gasteiger partial charge in [0, 0.05) is 11.6 Å². The Morgan fingerprint density at radius 2 is 1.71 bits per heavy atom. The van der Waals surface area contributed by atoms with Gasteiger partial charge in [-0.2, -0.15) is 0 Å². The minimum Gasteiger partial charge on any atom is -0.508 e. The monoisotopic (exact) mass is 300 g/mol. The summed E-state index contributed by atoms with van der Waals surface area (Å²) < 4.78 is 27.2. The molecule has 0 fully saturated rings. The minimum absolute atomic E-state index is 0.0170. The molecule has 0 amide bonds. The van der Waals surface area contributed by atoms with Crippen LogP contribution in [0.25, 0.3) is 10.9 Å². The van der Waals surface area contributed by atoms with Crippen LogP contribution in [0.4, 0.5) is 5.69 Å². The fourth-order valence-corrected chi connectivity index (χ4v) is 3.10. The Morgan fingerprint density at radius 3 is 2.48 bits per heavy atom. The van der Waals surface area contributed by atoms with Gasteiger partial charge in [-0.05, 0) is 48.5 Å². The first-order chi connectivity index (χ1) is 10.1. The second kappa shape index (κ2) is 5.06. The summed E-state index contributed by atoms with van der Waals surface area (Å²) in [7, 11) is -3.71. The number of pyridine rings is 1. The lowest BCUT2D eigenvalue weighted by atomic mass is 10.2. The summed E-state index contributed by atoms with van der Waals surface area (Å²) >= 11 is 0. The Labute approximate surface area is 121 Å². The van der Waals surface area contributed by atoms with Crippen LogP contribution in [0, 0.1) is 0 Å². The zero-order valence-electron chi connectivity index (χ0n) is 10.9. The number of phenols is 1. The van der Waals surface area contributed by atoms with Crippen LogP contribution < -0.4 is 4.72 Å². The van der Waals surface area contributed by atoms with Crippen molar-refractivity contribution in [2.45, 2.75) is 4.90 Å². The lowest BCUT2D eigenvalue weighted by Crippen LogP contribution is -2.13. The summed E-state index contributed by atoms with van der Waals surface area (Å²) in [6.07, 6.45) is 1.65. The molecule has 1 aromatic heterocycles. The van der Waals surface area contributed by atoms with Crippen LogP contribution in [0.3, 0.4) is 0 Å². The van der Waals surface area contributed by atoms with Gasteiger partial charge < -0.3 is 5.11 Å². The van der Waals surface area contributed by atoms with Gasteiger partial charge in [0.05, 0.1) is 16.1 Å². The Balaban J connectivity index is 2.03. The second-order valence-corrected chi connectivity index (χ2v) is 6.16. The van der Waals surface area contributed by atoms with E-state index in [-0.39, 0.29) is 10.6 Å². The van der Waals surface area contributed by atoms with Crippen LogP contribution in [0.1, 0.15) is 0 Å². The van der Waals surface area contributed by atoms with Gasteiger partial charge in [-0.25, -0.2) is 8.42 Å². The second-order valence-electron chi connectivity index (χ2n) is 4.48. The Bertz CT molecular complexity index is 885. The van der Waals surface area contributed by atoms with Gasteiger partial charge in [0.15, 0.2) is 0 Å². The molecule has 1 heterocycles. The normalized spacial score (nSPS) is 11.4. The summed E-state index contributed by atoms with van der Waals surface area (Å²) in [5.74, 6) is 0.0170. The molecule has 0 spiro atoms. The molecule has 0 aliphatic carbocycles. The highest BCUT2D eigenvalue weighted by Crippen LogP contribution is 2.24. The first-order valence-electron chi connectivity index (χ1n) is 6.22. The molecule has 21 heavy (non-hydrogen) atoms. The molecule has 0 unspecified atom stereocenters. The number of hydrogen-bond acceptors (Lipinski definition) is 4. The molecule has 0 saturated carbocycles. The summed E-state index contributed by atoms with van der Waals surface area (Å²) in [6.45, 7) is 0. The Morgan fingerprint density at radius 1 is 0.952 bits per heavy atom. The van der Waals surface area contributed by atoms with Crippen LogP contribution >= 0.6 is 0 Å². The third-order valence-corrected chi connectivity index (χ3v) is 4.42. The average Bonchev–Trinajstić information content (AvgIpc) is 2.48. The van der Waals surface area contributed by atoms with E-state index in [2.05, 4.69) is 9.71 Å². The van der Waals surface area contributed by atoms with Gasteiger partial charge in [-0.3, -0.25) is 9.71 Å². The van der Waals surface area contributed by atoms with Crippen LogP contribution in [-0.2, 0) is 10.0 Å². The Hall–Kier alpha value is -2.60. The number of nitrogens with zero attached hydrogens (tertiary/aromatic N) is 1. The van der Waals surface area contributed by atoms with Crippen LogP contribution in [0.5, 0.6) is 5.75 Å². The molecule has 5 nitrogen and oxygen atoms in total. The van der Waals surface area contributed by atoms with Gasteiger partial charge in [0.25, 0.3) is 10.0 Å². The number of phenolic OH excluding ortho intramolecular Hbond substituents is 1. The molecule has 0 bridgehead atoms. The molecular formula is C15H12N2O3S. The van der Waals surface area contributed by atoms with Gasteiger partial charge in [-0.15, -0.1) is 0 Å². The van der Waals surface area contributed by atoms with E-state index < -0.39 is 10.0 Å². The van der Waals surface area contributed by atoms with E-state index in [9.17, 15) is 13.5 Å². The van der Waals surface area contributed by atoms with Gasteiger partial charge in [0.2, 0.25) is 0 Å². The predicted molar refractivity (Wildman–Crippen MR) is 80.7 cm³/mol. The SMILES string of the molecule is O=S(=O)(Nc1cccc2ncccc12)c1ccc(O)cc1. The fourth-order valence-electron chi connectivity index (χ4n) is 2.02. The number of aromatic nitrogens is 1. The third-order valence-electron chi connectivity index (χ3n) is 3.04. The van der Waals surface area contributed by atoms with Gasteiger partial charge >= 0.3 is 0 Å². The Kier molecular flexibility index (Phi) is 3.23. The van der Waals surface area contributed by atoms with E-state index in [4.69, 9.17) is 0 Å². The molecule has 3 aromatic rings. The number of benzene rings is 2. The lowest BCUT2D eigenvalue weighted by molar-refractivity contribution is 0.475. The summed E-state index contributed by atoms with van der Waals surface area (Å²) in [4.78, 5) is 4.27. The van der Waals surface area contributed by atoms with Crippen molar-refractivity contribution in [3.63, 3.8) is 0 Å². The quantitative estimate of drug-likeness (QED) is 0.779. The van der Waals surface area contributed by atoms with E-state index in [1.807, 2.05) is 6.07 Å². The first-order valence-corrected chi connectivity index (χ1v) is 7.70. The van der Waals surface area contributed by atoms with Crippen LogP contribution in [-0.4, -0.2) is 18.5 Å². The smallest absolute Gasteiger partial charge is 0.261 e. The van der Waals surface area contributed by atoms with E-state index in [1.165, 1.54) is 24.3 Å². The molecule has 0 atom stereocenters. The number of aromatic hydroxyl groups is 1. The molecule has 106 valence electrons. The first kappa shape index (κ1) is 13.4. The number of fused-ring (bicyclic) bond motifs is 1. The van der Waals surface area contributed by atoms with Crippen molar-refractivity contribution >= 4 is 26.6 Å². The summed E-state index contributed by atoms with van der Waals surface area (Å²) in [6, 6.07) is 14.2. The van der Waals surface area contributed by atoms with Crippen molar-refractivity contribution in [2.75, 3.05) is 4.72 Å². The molecular weight excluding hydrogens is 288 g/mol. The number of hydrogen-bond donors (Lipinski definition) is 2. The maximum atomic E-state index is 12.3. The van der Waals surface area contributed by atoms with Crippen LogP contribution in [0.2, 0.25) is 0 Å². The van der Waals surface area contributed by atoms with Gasteiger partial charge in [0.1, 0.15) is 5.75 Å². The number of sulfonamides is 1. The number of anilines is 1. The zero-order valence-corrected chi connectivity index (χ0v) is 11.7. The molecule has 0 aliphatic heterocycles. The lowest BCUT2D eigenvalue weighted by Gasteiger charge is -2.10. The molecule has 2 N–H and O–H groups in total. The molecule has 6 heteroatoms.